The Labute approximate surface area is 122 Å². The predicted molar refractivity (Wildman–Crippen MR) is 72.3 cm³/mol. The molecule has 8 heteroatoms. The van der Waals surface area contributed by atoms with Gasteiger partial charge in [0, 0.05) is 35.6 Å². The summed E-state index contributed by atoms with van der Waals surface area (Å²) < 4.78 is 40.9. The SMILES string of the molecule is CC(Cn1ccnc1)Nc1ncc(Br)cc1C(F)(F)F. The normalized spacial score (nSPS) is 13.2. The maximum atomic E-state index is 12.9. The number of anilines is 1. The lowest BCUT2D eigenvalue weighted by Crippen LogP contribution is -2.24. The van der Waals surface area contributed by atoms with Gasteiger partial charge in [-0.1, -0.05) is 0 Å². The predicted octanol–water partition coefficient (Wildman–Crippen LogP) is 3.56. The van der Waals surface area contributed by atoms with Crippen molar-refractivity contribution in [2.45, 2.75) is 25.7 Å². The number of pyridine rings is 1. The second-order valence-electron chi connectivity index (χ2n) is 4.35. The fraction of sp³-hybridized carbons (Fsp3) is 0.333. The van der Waals surface area contributed by atoms with Crippen molar-refractivity contribution in [3.8, 4) is 0 Å². The maximum absolute atomic E-state index is 12.9. The summed E-state index contributed by atoms with van der Waals surface area (Å²) in [6, 6.07) is 0.790. The van der Waals surface area contributed by atoms with E-state index in [4.69, 9.17) is 0 Å². The van der Waals surface area contributed by atoms with Gasteiger partial charge in [-0.3, -0.25) is 0 Å². The van der Waals surface area contributed by atoms with E-state index in [-0.39, 0.29) is 16.3 Å². The van der Waals surface area contributed by atoms with Crippen molar-refractivity contribution >= 4 is 21.7 Å². The molecule has 0 radical (unpaired) electrons. The lowest BCUT2D eigenvalue weighted by atomic mass is 10.2. The molecular formula is C12H12BrF3N4. The van der Waals surface area contributed by atoms with Gasteiger partial charge in [0.05, 0.1) is 11.9 Å². The zero-order valence-electron chi connectivity index (χ0n) is 10.5. The van der Waals surface area contributed by atoms with Crippen LogP contribution in [-0.2, 0) is 12.7 Å². The molecule has 0 aromatic carbocycles. The molecule has 0 saturated heterocycles. The van der Waals surface area contributed by atoms with E-state index in [0.29, 0.717) is 6.54 Å². The number of hydrogen-bond acceptors (Lipinski definition) is 3. The number of rotatable bonds is 4. The quantitative estimate of drug-likeness (QED) is 0.918. The Balaban J connectivity index is 2.16. The van der Waals surface area contributed by atoms with Gasteiger partial charge in [-0.2, -0.15) is 13.2 Å². The van der Waals surface area contributed by atoms with Crippen LogP contribution in [-0.4, -0.2) is 20.6 Å². The summed E-state index contributed by atoms with van der Waals surface area (Å²) in [5, 5.41) is 2.78. The van der Waals surface area contributed by atoms with Crippen molar-refractivity contribution < 1.29 is 13.2 Å². The van der Waals surface area contributed by atoms with Crippen molar-refractivity contribution in [3.63, 3.8) is 0 Å². The molecule has 2 heterocycles. The highest BCUT2D eigenvalue weighted by atomic mass is 79.9. The summed E-state index contributed by atoms with van der Waals surface area (Å²) in [6.07, 6.45) is 1.86. The number of nitrogens with one attached hydrogen (secondary N) is 1. The highest BCUT2D eigenvalue weighted by molar-refractivity contribution is 9.10. The van der Waals surface area contributed by atoms with Gasteiger partial charge in [0.25, 0.3) is 0 Å². The van der Waals surface area contributed by atoms with Gasteiger partial charge < -0.3 is 9.88 Å². The smallest absolute Gasteiger partial charge is 0.365 e. The van der Waals surface area contributed by atoms with E-state index in [1.165, 1.54) is 6.20 Å². The molecule has 0 fully saturated rings. The Morgan fingerprint density at radius 3 is 2.80 bits per heavy atom. The van der Waals surface area contributed by atoms with Crippen LogP contribution in [0, 0.1) is 0 Å². The number of alkyl halides is 3. The van der Waals surface area contributed by atoms with E-state index in [1.54, 1.807) is 30.2 Å². The van der Waals surface area contributed by atoms with Crippen LogP contribution in [0.1, 0.15) is 12.5 Å². The van der Waals surface area contributed by atoms with Crippen LogP contribution >= 0.6 is 15.9 Å². The van der Waals surface area contributed by atoms with Crippen LogP contribution in [0.4, 0.5) is 19.0 Å². The van der Waals surface area contributed by atoms with Crippen LogP contribution in [0.25, 0.3) is 0 Å². The zero-order valence-corrected chi connectivity index (χ0v) is 12.1. The zero-order chi connectivity index (χ0) is 14.8. The maximum Gasteiger partial charge on any atom is 0.419 e. The number of aromatic nitrogens is 3. The fourth-order valence-corrected chi connectivity index (χ4v) is 2.09. The topological polar surface area (TPSA) is 42.7 Å². The average Bonchev–Trinajstić information content (AvgIpc) is 2.82. The summed E-state index contributed by atoms with van der Waals surface area (Å²) >= 11 is 3.00. The molecule has 1 atom stereocenters. The Bertz CT molecular complexity index is 569. The minimum atomic E-state index is -4.45. The first-order valence-electron chi connectivity index (χ1n) is 5.81. The Hall–Kier alpha value is -1.57. The molecule has 1 N–H and O–H groups in total. The molecule has 0 aliphatic carbocycles. The summed E-state index contributed by atoms with van der Waals surface area (Å²) in [5.41, 5.74) is -0.788. The number of hydrogen-bond donors (Lipinski definition) is 1. The van der Waals surface area contributed by atoms with E-state index in [0.717, 1.165) is 6.07 Å². The summed E-state index contributed by atoms with van der Waals surface area (Å²) in [4.78, 5) is 7.70. The second kappa shape index (κ2) is 5.82. The highest BCUT2D eigenvalue weighted by Gasteiger charge is 2.35. The van der Waals surface area contributed by atoms with E-state index in [2.05, 4.69) is 31.2 Å². The third-order valence-corrected chi connectivity index (χ3v) is 3.02. The van der Waals surface area contributed by atoms with Gasteiger partial charge in [-0.25, -0.2) is 9.97 Å². The Morgan fingerprint density at radius 1 is 1.45 bits per heavy atom. The lowest BCUT2D eigenvalue weighted by Gasteiger charge is -2.18. The minimum Gasteiger partial charge on any atom is -0.365 e. The summed E-state index contributed by atoms with van der Waals surface area (Å²) in [6.45, 7) is 2.28. The molecule has 2 rings (SSSR count). The fourth-order valence-electron chi connectivity index (χ4n) is 1.76. The van der Waals surface area contributed by atoms with Crippen molar-refractivity contribution in [1.29, 1.82) is 0 Å². The second-order valence-corrected chi connectivity index (χ2v) is 5.27. The minimum absolute atomic E-state index is 0.173. The van der Waals surface area contributed by atoms with Crippen LogP contribution in [0.15, 0.2) is 35.5 Å². The van der Waals surface area contributed by atoms with E-state index < -0.39 is 11.7 Å². The number of imidazole rings is 1. The van der Waals surface area contributed by atoms with Gasteiger partial charge in [-0.15, -0.1) is 0 Å². The van der Waals surface area contributed by atoms with Crippen LogP contribution < -0.4 is 5.32 Å². The Kier molecular flexibility index (Phi) is 4.32. The first-order valence-corrected chi connectivity index (χ1v) is 6.60. The van der Waals surface area contributed by atoms with Crippen LogP contribution in [0.3, 0.4) is 0 Å². The standard InChI is InChI=1S/C12H12BrF3N4/c1-8(6-20-3-2-17-7-20)19-11-10(12(14,15)16)4-9(13)5-18-11/h2-5,7-8H,6H2,1H3,(H,18,19). The molecule has 0 spiro atoms. The molecule has 2 aromatic heterocycles. The molecule has 108 valence electrons. The van der Waals surface area contributed by atoms with Gasteiger partial charge >= 0.3 is 6.18 Å². The third kappa shape index (κ3) is 3.72. The van der Waals surface area contributed by atoms with Crippen molar-refractivity contribution in [3.05, 3.63) is 41.0 Å². The van der Waals surface area contributed by atoms with Crippen LogP contribution in [0.5, 0.6) is 0 Å². The van der Waals surface area contributed by atoms with Crippen molar-refractivity contribution in [1.82, 2.24) is 14.5 Å². The van der Waals surface area contributed by atoms with Gasteiger partial charge in [0.1, 0.15) is 5.82 Å². The molecule has 4 nitrogen and oxygen atoms in total. The molecular weight excluding hydrogens is 337 g/mol. The Morgan fingerprint density at radius 2 is 2.20 bits per heavy atom. The number of nitrogens with zero attached hydrogens (tertiary/aromatic N) is 3. The van der Waals surface area contributed by atoms with Crippen molar-refractivity contribution in [2.24, 2.45) is 0 Å². The monoisotopic (exact) mass is 348 g/mol. The molecule has 0 aliphatic heterocycles. The largest absolute Gasteiger partial charge is 0.419 e. The first kappa shape index (κ1) is 14.8. The lowest BCUT2D eigenvalue weighted by molar-refractivity contribution is -0.137. The molecule has 0 bridgehead atoms. The number of halogens is 4. The summed E-state index contributed by atoms with van der Waals surface area (Å²) in [5.74, 6) is -0.173. The highest BCUT2D eigenvalue weighted by Crippen LogP contribution is 2.35. The third-order valence-electron chi connectivity index (χ3n) is 2.59. The van der Waals surface area contributed by atoms with Gasteiger partial charge in [0.15, 0.2) is 0 Å². The summed E-state index contributed by atoms with van der Waals surface area (Å²) in [7, 11) is 0. The van der Waals surface area contributed by atoms with Crippen molar-refractivity contribution in [2.75, 3.05) is 5.32 Å². The van der Waals surface area contributed by atoms with Gasteiger partial charge in [0.2, 0.25) is 0 Å². The molecule has 0 amide bonds. The molecule has 0 saturated carbocycles. The van der Waals surface area contributed by atoms with Crippen LogP contribution in [0.2, 0.25) is 0 Å². The molecule has 0 aliphatic rings. The molecule has 2 aromatic rings. The van der Waals surface area contributed by atoms with Gasteiger partial charge in [-0.05, 0) is 28.9 Å². The first-order chi connectivity index (χ1) is 9.36. The van der Waals surface area contributed by atoms with E-state index in [1.807, 2.05) is 0 Å². The van der Waals surface area contributed by atoms with E-state index in [9.17, 15) is 13.2 Å². The average molecular weight is 349 g/mol. The molecule has 1 unspecified atom stereocenters. The molecule has 20 heavy (non-hydrogen) atoms. The van der Waals surface area contributed by atoms with E-state index >= 15 is 0 Å².